The lowest BCUT2D eigenvalue weighted by Gasteiger charge is -2.61. The number of carbonyl (C=O) groups excluding carboxylic acids is 2. The summed E-state index contributed by atoms with van der Waals surface area (Å²) in [6, 6.07) is 3.99. The standard InChI is InChI=1S/C53H73N3O8/c1-30(2)10-11-33-21-34(38-29-64-49(61)47(38)36-13-17-54-26-36)8-7-9-35-24-53(63)40-22-43(57)41-23-44(58)45(59)25-50(41,5)39(40)12-15-52(53,16-19-56-27-37-14-18-55-42(37)28-56)48(35)51(6,62)46(60)20-31(3)32(33)4/h13-14,17-18,22,26-28,30-35,38-39,41,44-48,54-55,58-60,62-63H,9-12,15-16,19-21,23-25,29H2,1-6H3. The van der Waals surface area contributed by atoms with E-state index in [1.165, 1.54) is 0 Å². The molecule has 5 aliphatic carbocycles. The van der Waals surface area contributed by atoms with Gasteiger partial charge >= 0.3 is 5.97 Å². The largest absolute Gasteiger partial charge is 0.465 e. The van der Waals surface area contributed by atoms with Crippen LogP contribution in [0.2, 0.25) is 0 Å². The summed E-state index contributed by atoms with van der Waals surface area (Å²) >= 11 is 0. The Kier molecular flexibility index (Phi) is 12.0. The van der Waals surface area contributed by atoms with Gasteiger partial charge in [-0.05, 0) is 135 Å². The molecule has 11 nitrogen and oxygen atoms in total. The number of hydrogen-bond acceptors (Lipinski definition) is 8. The number of cyclic esters (lactones) is 1. The Morgan fingerprint density at radius 2 is 1.78 bits per heavy atom. The van der Waals surface area contributed by atoms with E-state index < -0.39 is 58.1 Å². The van der Waals surface area contributed by atoms with Gasteiger partial charge in [0.1, 0.15) is 0 Å². The maximum absolute atomic E-state index is 14.4. The van der Waals surface area contributed by atoms with Crippen molar-refractivity contribution < 1.29 is 39.9 Å². The summed E-state index contributed by atoms with van der Waals surface area (Å²) in [6.07, 6.45) is 14.4. The number of fused-ring (bicyclic) bond motifs is 8. The van der Waals surface area contributed by atoms with E-state index >= 15 is 0 Å². The summed E-state index contributed by atoms with van der Waals surface area (Å²) in [5.74, 6) is 5.66. The molecule has 9 rings (SSSR count). The molecule has 6 aliphatic rings. The third-order valence-corrected chi connectivity index (χ3v) is 18.7. The zero-order chi connectivity index (χ0) is 45.5. The zero-order valence-electron chi connectivity index (χ0n) is 38.8. The van der Waals surface area contributed by atoms with Crippen molar-refractivity contribution in [2.24, 2.45) is 70.0 Å². The third kappa shape index (κ3) is 7.46. The molecular weight excluding hydrogens is 807 g/mol. The molecule has 0 aromatic carbocycles. The second kappa shape index (κ2) is 16.9. The summed E-state index contributed by atoms with van der Waals surface area (Å²) in [5, 5.41) is 62.9. The number of aliphatic hydroxyl groups is 5. The number of nitrogens with zero attached hydrogens (tertiary/aromatic N) is 1. The first-order valence-electron chi connectivity index (χ1n) is 24.5. The van der Waals surface area contributed by atoms with Gasteiger partial charge in [0.05, 0.1) is 47.6 Å². The number of hydrogen-bond donors (Lipinski definition) is 7. The number of rotatable bonds is 8. The number of aromatic amines is 2. The summed E-state index contributed by atoms with van der Waals surface area (Å²) in [7, 11) is 0. The van der Waals surface area contributed by atoms with E-state index in [1.807, 2.05) is 30.7 Å². The highest BCUT2D eigenvalue weighted by molar-refractivity contribution is 5.95. The van der Waals surface area contributed by atoms with Crippen LogP contribution in [0, 0.1) is 81.8 Å². The molecule has 4 heterocycles. The number of aliphatic hydroxyl groups excluding tert-OH is 3. The maximum atomic E-state index is 14.4. The number of H-pyrrole nitrogens is 2. The number of carbonyl (C=O) groups is 2. The normalized spacial score (nSPS) is 43.8. The maximum Gasteiger partial charge on any atom is 0.313 e. The van der Waals surface area contributed by atoms with Crippen molar-refractivity contribution in [1.82, 2.24) is 14.5 Å². The average molecular weight is 880 g/mol. The summed E-state index contributed by atoms with van der Waals surface area (Å²) in [4.78, 5) is 34.3. The molecule has 17 atom stereocenters. The molecule has 7 N–H and O–H groups in total. The molecule has 17 unspecified atom stereocenters. The molecule has 1 aliphatic heterocycles. The lowest BCUT2D eigenvalue weighted by Crippen LogP contribution is -2.64. The van der Waals surface area contributed by atoms with Crippen LogP contribution in [0.4, 0.5) is 0 Å². The van der Waals surface area contributed by atoms with Crippen molar-refractivity contribution in [2.75, 3.05) is 6.61 Å². The quantitative estimate of drug-likeness (QED) is 0.0910. The van der Waals surface area contributed by atoms with E-state index in [1.54, 1.807) is 13.0 Å². The van der Waals surface area contributed by atoms with Crippen LogP contribution in [0.25, 0.3) is 10.9 Å². The van der Waals surface area contributed by atoms with E-state index in [-0.39, 0.29) is 72.4 Å². The van der Waals surface area contributed by atoms with Crippen LogP contribution in [-0.2, 0) is 20.9 Å². The van der Waals surface area contributed by atoms with Crippen LogP contribution >= 0.6 is 0 Å². The zero-order valence-corrected chi connectivity index (χ0v) is 38.8. The van der Waals surface area contributed by atoms with Crippen molar-refractivity contribution in [3.8, 4) is 11.8 Å². The predicted octanol–water partition coefficient (Wildman–Crippen LogP) is 7.30. The van der Waals surface area contributed by atoms with E-state index in [0.29, 0.717) is 56.7 Å². The molecule has 4 fully saturated rings. The Hall–Kier alpha value is -3.66. The summed E-state index contributed by atoms with van der Waals surface area (Å²) < 4.78 is 7.99. The first kappa shape index (κ1) is 45.5. The van der Waals surface area contributed by atoms with E-state index in [2.05, 4.69) is 73.4 Å². The van der Waals surface area contributed by atoms with E-state index in [9.17, 15) is 35.1 Å². The molecule has 0 amide bonds. The first-order valence-corrected chi connectivity index (χ1v) is 24.5. The fourth-order valence-corrected chi connectivity index (χ4v) is 15.0. The fraction of sp³-hybridized carbons (Fsp3) is 0.698. The summed E-state index contributed by atoms with van der Waals surface area (Å²) in [5.41, 5.74) is -2.20. The van der Waals surface area contributed by atoms with Crippen molar-refractivity contribution in [3.63, 3.8) is 0 Å². The summed E-state index contributed by atoms with van der Waals surface area (Å²) in [6.45, 7) is 13.7. The van der Waals surface area contributed by atoms with Gasteiger partial charge in [-0.2, -0.15) is 0 Å². The van der Waals surface area contributed by atoms with Crippen LogP contribution in [0.15, 0.2) is 54.8 Å². The number of allylic oxidation sites excluding steroid dienone is 1. The van der Waals surface area contributed by atoms with Gasteiger partial charge in [0, 0.05) is 78.4 Å². The Balaban J connectivity index is 1.17. The van der Waals surface area contributed by atoms with Gasteiger partial charge in [0.2, 0.25) is 0 Å². The molecule has 3 saturated carbocycles. The van der Waals surface area contributed by atoms with Gasteiger partial charge < -0.3 is 44.8 Å². The van der Waals surface area contributed by atoms with Gasteiger partial charge in [0.15, 0.2) is 5.78 Å². The van der Waals surface area contributed by atoms with Crippen LogP contribution in [-0.4, -0.2) is 87.9 Å². The van der Waals surface area contributed by atoms with Crippen LogP contribution in [0.5, 0.6) is 0 Å². The lowest BCUT2D eigenvalue weighted by molar-refractivity contribution is -0.190. The SMILES string of the molecule is CC(C)CCC1CC(C2COC(=O)C2c2cc[nH]c2)C#CCC2CC3(O)C4=CC(=O)C5CC(O)C(O)CC5(C)C4CCC3(CCn3cc4cc[nH]c4c3)C2C(C)(O)C(O)CC(C)C1C. The second-order valence-corrected chi connectivity index (χ2v) is 22.6. The molecular formula is C53H73N3O8. The minimum absolute atomic E-state index is 0.0341. The number of esters is 1. The van der Waals surface area contributed by atoms with Crippen molar-refractivity contribution in [2.45, 2.75) is 154 Å². The third-order valence-electron chi connectivity index (χ3n) is 18.7. The molecule has 3 aromatic heterocycles. The molecule has 3 aromatic rings. The minimum Gasteiger partial charge on any atom is -0.465 e. The second-order valence-electron chi connectivity index (χ2n) is 22.6. The van der Waals surface area contributed by atoms with Crippen molar-refractivity contribution >= 4 is 22.7 Å². The van der Waals surface area contributed by atoms with Gasteiger partial charge in [-0.15, -0.1) is 5.92 Å². The lowest BCUT2D eigenvalue weighted by atomic mass is 9.44. The molecule has 11 heteroatoms. The number of ether oxygens (including phenoxy) is 1. The van der Waals surface area contributed by atoms with Gasteiger partial charge in [-0.25, -0.2) is 0 Å². The van der Waals surface area contributed by atoms with Gasteiger partial charge in [-0.3, -0.25) is 9.59 Å². The minimum atomic E-state index is -1.64. The smallest absolute Gasteiger partial charge is 0.313 e. The van der Waals surface area contributed by atoms with Crippen molar-refractivity contribution in [3.05, 3.63) is 60.3 Å². The highest BCUT2D eigenvalue weighted by Gasteiger charge is 2.73. The Morgan fingerprint density at radius 3 is 2.52 bits per heavy atom. The number of nitrogens with one attached hydrogen (secondary N) is 2. The highest BCUT2D eigenvalue weighted by Crippen LogP contribution is 2.72. The molecule has 348 valence electrons. The number of aryl methyl sites for hydroxylation is 1. The van der Waals surface area contributed by atoms with E-state index in [0.717, 1.165) is 35.7 Å². The Bertz CT molecular complexity index is 2250. The fourth-order valence-electron chi connectivity index (χ4n) is 15.0. The molecule has 0 radical (unpaired) electrons. The van der Waals surface area contributed by atoms with E-state index in [4.69, 9.17) is 4.74 Å². The Morgan fingerprint density at radius 1 is 0.984 bits per heavy atom. The van der Waals surface area contributed by atoms with Crippen LogP contribution in [0.1, 0.15) is 124 Å². The highest BCUT2D eigenvalue weighted by atomic mass is 16.5. The monoisotopic (exact) mass is 880 g/mol. The molecule has 64 heavy (non-hydrogen) atoms. The predicted molar refractivity (Wildman–Crippen MR) is 244 cm³/mol. The molecule has 0 bridgehead atoms. The average Bonchev–Trinajstić information content (AvgIpc) is 4.08. The van der Waals surface area contributed by atoms with Gasteiger partial charge in [-0.1, -0.05) is 47.0 Å². The number of ketones is 1. The Labute approximate surface area is 378 Å². The molecule has 1 saturated heterocycles. The first-order chi connectivity index (χ1) is 30.4. The van der Waals surface area contributed by atoms with Crippen LogP contribution < -0.4 is 0 Å². The van der Waals surface area contributed by atoms with Crippen molar-refractivity contribution in [1.29, 1.82) is 0 Å². The topological polar surface area (TPSA) is 181 Å². The van der Waals surface area contributed by atoms with Crippen LogP contribution in [0.3, 0.4) is 0 Å². The van der Waals surface area contributed by atoms with Gasteiger partial charge in [0.25, 0.3) is 0 Å². The number of aromatic nitrogens is 3. The molecule has 0 spiro atoms.